The van der Waals surface area contributed by atoms with Gasteiger partial charge in [-0.2, -0.15) is 9.97 Å². The van der Waals surface area contributed by atoms with Gasteiger partial charge in [0.25, 0.3) is 0 Å². The third-order valence-corrected chi connectivity index (χ3v) is 10.4. The van der Waals surface area contributed by atoms with Crippen LogP contribution in [0.15, 0.2) is 30.3 Å². The Bertz CT molecular complexity index is 1970. The minimum atomic E-state index is -4.63. The predicted octanol–water partition coefficient (Wildman–Crippen LogP) is 8.04. The van der Waals surface area contributed by atoms with Crippen molar-refractivity contribution in [3.05, 3.63) is 53.2 Å². The summed E-state index contributed by atoms with van der Waals surface area (Å²) in [6.07, 6.45) is 4.03. The Kier molecular flexibility index (Phi) is 11.7. The number of anilines is 1. The summed E-state index contributed by atoms with van der Waals surface area (Å²) >= 11 is 0. The van der Waals surface area contributed by atoms with Crippen LogP contribution in [0.1, 0.15) is 71.1 Å². The number of likely N-dealkylation sites (tertiary alicyclic amines) is 1. The minimum Gasteiger partial charge on any atom is -0.463 e. The molecule has 3 fully saturated rings. The maximum absolute atomic E-state index is 16.9. The Labute approximate surface area is 307 Å². The molecule has 53 heavy (non-hydrogen) atoms. The van der Waals surface area contributed by atoms with Crippen molar-refractivity contribution in [2.24, 2.45) is 5.41 Å². The van der Waals surface area contributed by atoms with Crippen LogP contribution >= 0.6 is 0 Å². The van der Waals surface area contributed by atoms with E-state index in [2.05, 4.69) is 30.8 Å². The lowest BCUT2D eigenvalue weighted by atomic mass is 9.95. The number of hydrogen-bond acceptors (Lipinski definition) is 8. The summed E-state index contributed by atoms with van der Waals surface area (Å²) in [5, 5.41) is 5.07. The average Bonchev–Trinajstić information content (AvgIpc) is 3.96. The zero-order valence-electron chi connectivity index (χ0n) is 30.8. The van der Waals surface area contributed by atoms with Crippen LogP contribution in [0, 0.1) is 29.4 Å². The third-order valence-electron chi connectivity index (χ3n) is 10.4. The van der Waals surface area contributed by atoms with Gasteiger partial charge in [-0.15, -0.1) is 19.6 Å². The third kappa shape index (κ3) is 8.05. The molecule has 8 nitrogen and oxygen atoms in total. The zero-order chi connectivity index (χ0) is 37.9. The highest BCUT2D eigenvalue weighted by Crippen LogP contribution is 2.47. The van der Waals surface area contributed by atoms with Gasteiger partial charge in [-0.1, -0.05) is 57.9 Å². The van der Waals surface area contributed by atoms with Gasteiger partial charge >= 0.3 is 12.4 Å². The van der Waals surface area contributed by atoms with Crippen LogP contribution in [-0.4, -0.2) is 84.2 Å². The molecule has 1 saturated carbocycles. The van der Waals surface area contributed by atoms with Crippen LogP contribution in [0.25, 0.3) is 32.9 Å². The smallest absolute Gasteiger partial charge is 0.463 e. The van der Waals surface area contributed by atoms with E-state index in [1.54, 1.807) is 24.3 Å². The minimum absolute atomic E-state index is 0.0420. The number of halogens is 5. The second kappa shape index (κ2) is 16.1. The van der Waals surface area contributed by atoms with E-state index in [0.717, 1.165) is 32.4 Å². The van der Waals surface area contributed by atoms with Gasteiger partial charge in [0.1, 0.15) is 22.8 Å². The molecule has 8 rings (SSSR count). The fourth-order valence-electron chi connectivity index (χ4n) is 7.72. The second-order valence-electron chi connectivity index (χ2n) is 13.7. The number of nitrogens with one attached hydrogen (secondary N) is 1. The normalized spacial score (nSPS) is 19.6. The van der Waals surface area contributed by atoms with Crippen molar-refractivity contribution in [1.29, 1.82) is 0 Å². The van der Waals surface area contributed by atoms with Crippen LogP contribution in [0.3, 0.4) is 0 Å². The molecular formula is C40H47F5N6O2. The van der Waals surface area contributed by atoms with Crippen molar-refractivity contribution in [1.82, 2.24) is 25.2 Å². The monoisotopic (exact) mass is 738 g/mol. The lowest BCUT2D eigenvalue weighted by Crippen LogP contribution is -2.51. The first kappa shape index (κ1) is 38.6. The van der Waals surface area contributed by atoms with Crippen molar-refractivity contribution in [3.63, 3.8) is 0 Å². The summed E-state index contributed by atoms with van der Waals surface area (Å²) in [5.74, 6) is 1.80. The van der Waals surface area contributed by atoms with Crippen LogP contribution in [0.5, 0.6) is 6.01 Å². The molecule has 0 spiro atoms. The van der Waals surface area contributed by atoms with Crippen molar-refractivity contribution >= 4 is 27.5 Å². The molecule has 4 aliphatic rings. The summed E-state index contributed by atoms with van der Waals surface area (Å²) in [6, 6.07) is 8.36. The number of aryl methyl sites for hydroxylation is 1. The van der Waals surface area contributed by atoms with Gasteiger partial charge in [0.2, 0.25) is 0 Å². The topological polar surface area (TPSA) is 75.6 Å². The molecule has 1 unspecified atom stereocenters. The van der Waals surface area contributed by atoms with Gasteiger partial charge in [0.15, 0.2) is 5.82 Å². The zero-order valence-corrected chi connectivity index (χ0v) is 30.8. The molecule has 2 aromatic heterocycles. The van der Waals surface area contributed by atoms with E-state index >= 15 is 4.39 Å². The molecule has 1 atom stereocenters. The quantitative estimate of drug-likeness (QED) is 0.151. The molecule has 0 radical (unpaired) electrons. The number of hydrogen-bond donors (Lipinski definition) is 1. The molecule has 13 heteroatoms. The van der Waals surface area contributed by atoms with E-state index < -0.39 is 24.1 Å². The van der Waals surface area contributed by atoms with Gasteiger partial charge in [-0.05, 0) is 50.0 Å². The maximum atomic E-state index is 16.9. The molecule has 3 aliphatic heterocycles. The summed E-state index contributed by atoms with van der Waals surface area (Å²) in [5.41, 5.74) is 1.03. The van der Waals surface area contributed by atoms with Gasteiger partial charge in [0, 0.05) is 61.7 Å². The van der Waals surface area contributed by atoms with Crippen LogP contribution in [0.2, 0.25) is 0 Å². The van der Waals surface area contributed by atoms with Gasteiger partial charge in [-0.3, -0.25) is 4.74 Å². The number of nitrogens with zero attached hydrogens (tertiary/aromatic N) is 5. The molecule has 2 saturated heterocycles. The van der Waals surface area contributed by atoms with Crippen LogP contribution in [0.4, 0.5) is 27.8 Å². The Balaban J connectivity index is 0.00000116. The maximum Gasteiger partial charge on any atom is 0.522 e. The number of fused-ring (bicyclic) bond motifs is 3. The number of benzene rings is 2. The molecular weight excluding hydrogens is 691 g/mol. The lowest BCUT2D eigenvalue weighted by Gasteiger charge is -2.36. The van der Waals surface area contributed by atoms with E-state index in [4.69, 9.17) is 21.1 Å². The van der Waals surface area contributed by atoms with E-state index in [9.17, 15) is 17.6 Å². The average molecular weight is 739 g/mol. The summed E-state index contributed by atoms with van der Waals surface area (Å²) in [7, 11) is 0. The number of aromatic nitrogens is 3. The highest BCUT2D eigenvalue weighted by molar-refractivity contribution is 6.02. The Hall–Kier alpha value is -4.12. The molecule has 4 aromatic rings. The highest BCUT2D eigenvalue weighted by atomic mass is 19.4. The highest BCUT2D eigenvalue weighted by Gasteiger charge is 2.46. The van der Waals surface area contributed by atoms with E-state index in [0.29, 0.717) is 85.3 Å². The van der Waals surface area contributed by atoms with Crippen molar-refractivity contribution in [2.75, 3.05) is 50.8 Å². The first-order chi connectivity index (χ1) is 25.6. The Morgan fingerprint density at radius 1 is 0.962 bits per heavy atom. The standard InChI is InChI=1S/C36H35F5N6O2.2C2H6/c1-2-24-26(37)8-6-21-4-3-5-25(28(21)24)31-30(38)32-29-27(43-31)9-7-22-18-42-14-17-47(22)33(29)45-34(44-32)48-20-35(12-13-35)19-46-15-10-23(11-16-46)49-36(39,40)41;2*1-2/h1,3-6,8,22-23,42H,7,9-20H2;2*1-2H3. The number of rotatable bonds is 7. The molecule has 284 valence electrons. The fourth-order valence-corrected chi connectivity index (χ4v) is 7.72. The largest absolute Gasteiger partial charge is 0.522 e. The van der Waals surface area contributed by atoms with Crippen LogP contribution in [-0.2, 0) is 11.2 Å². The predicted molar refractivity (Wildman–Crippen MR) is 197 cm³/mol. The first-order valence-electron chi connectivity index (χ1n) is 18.8. The molecule has 5 heterocycles. The van der Waals surface area contributed by atoms with Gasteiger partial charge in [0.05, 0.1) is 29.4 Å². The molecule has 1 aliphatic carbocycles. The Morgan fingerprint density at radius 3 is 2.42 bits per heavy atom. The summed E-state index contributed by atoms with van der Waals surface area (Å²) in [4.78, 5) is 18.8. The molecule has 1 N–H and O–H groups in total. The summed E-state index contributed by atoms with van der Waals surface area (Å²) in [6.45, 7) is 12.1. The number of piperazine rings is 1. The van der Waals surface area contributed by atoms with E-state index in [1.165, 1.54) is 6.07 Å². The number of pyridine rings is 1. The van der Waals surface area contributed by atoms with Crippen LogP contribution < -0.4 is 15.0 Å². The fraction of sp³-hybridized carbons (Fsp3) is 0.525. The van der Waals surface area contributed by atoms with Gasteiger partial charge in [-0.25, -0.2) is 13.8 Å². The Morgan fingerprint density at radius 2 is 1.72 bits per heavy atom. The number of piperidine rings is 1. The van der Waals surface area contributed by atoms with Crippen molar-refractivity contribution in [2.45, 2.75) is 84.7 Å². The molecule has 0 amide bonds. The molecule has 2 aromatic carbocycles. The second-order valence-corrected chi connectivity index (χ2v) is 13.7. The number of alkyl halides is 3. The van der Waals surface area contributed by atoms with Crippen molar-refractivity contribution in [3.8, 4) is 29.6 Å². The number of terminal acetylenes is 1. The number of ether oxygens (including phenoxy) is 2. The summed E-state index contributed by atoms with van der Waals surface area (Å²) < 4.78 is 80.5. The van der Waals surface area contributed by atoms with E-state index in [-0.39, 0.29) is 34.2 Å². The molecule has 0 bridgehead atoms. The first-order valence-corrected chi connectivity index (χ1v) is 18.8. The van der Waals surface area contributed by atoms with Gasteiger partial charge < -0.3 is 19.9 Å². The SMILES string of the molecule is C#Cc1c(F)ccc2cccc(-c3nc4c5c(nc(OCC6(CN7CCC(OC(F)(F)F)CC7)CC6)nc5c3F)N3CCNCC3CC4)c12.CC.CC. The van der Waals surface area contributed by atoms with Crippen molar-refractivity contribution < 1.29 is 31.4 Å². The lowest BCUT2D eigenvalue weighted by molar-refractivity contribution is -0.345. The van der Waals surface area contributed by atoms with E-state index in [1.807, 2.05) is 27.7 Å².